The molecule has 2 N–H and O–H groups in total. The van der Waals surface area contributed by atoms with Crippen molar-refractivity contribution in [2.45, 2.75) is 76.4 Å². The maximum Gasteiger partial charge on any atom is 0.230 e. The summed E-state index contributed by atoms with van der Waals surface area (Å²) in [6.07, 6.45) is 11.0. The second-order valence-corrected chi connectivity index (χ2v) is 10.0. The number of pyridine rings is 1. The number of hydrogen-bond acceptors (Lipinski definition) is 5. The number of anilines is 2. The van der Waals surface area contributed by atoms with Gasteiger partial charge in [0, 0.05) is 31.6 Å². The van der Waals surface area contributed by atoms with Crippen LogP contribution in [0.15, 0.2) is 18.3 Å². The Labute approximate surface area is 184 Å². The number of aromatic nitrogens is 1. The summed E-state index contributed by atoms with van der Waals surface area (Å²) in [5.74, 6) is 1.45. The molecule has 0 unspecified atom stereocenters. The Morgan fingerprint density at radius 2 is 1.87 bits per heavy atom. The third-order valence-corrected chi connectivity index (χ3v) is 8.05. The average molecular weight is 427 g/mol. The number of aliphatic hydroxyl groups is 1. The fourth-order valence-corrected chi connectivity index (χ4v) is 5.83. The third kappa shape index (κ3) is 4.04. The van der Waals surface area contributed by atoms with Crippen LogP contribution in [0.3, 0.4) is 0 Å². The summed E-state index contributed by atoms with van der Waals surface area (Å²) in [6.45, 7) is 2.47. The van der Waals surface area contributed by atoms with Crippen molar-refractivity contribution in [2.24, 2.45) is 11.3 Å². The van der Waals surface area contributed by atoms with Gasteiger partial charge in [-0.15, -0.1) is 0 Å². The number of amides is 2. The van der Waals surface area contributed by atoms with E-state index in [2.05, 4.69) is 20.1 Å². The molecule has 2 saturated heterocycles. The van der Waals surface area contributed by atoms with Gasteiger partial charge in [-0.1, -0.05) is 6.42 Å². The number of aliphatic hydroxyl groups excluding tert-OH is 1. The second-order valence-electron chi connectivity index (χ2n) is 10.0. The van der Waals surface area contributed by atoms with Gasteiger partial charge in [0.15, 0.2) is 0 Å². The molecule has 4 aliphatic rings. The summed E-state index contributed by atoms with van der Waals surface area (Å²) >= 11 is 0. The van der Waals surface area contributed by atoms with Crippen molar-refractivity contribution in [1.29, 1.82) is 0 Å². The lowest BCUT2D eigenvalue weighted by molar-refractivity contribution is -0.139. The monoisotopic (exact) mass is 426 g/mol. The van der Waals surface area contributed by atoms with Crippen molar-refractivity contribution < 1.29 is 14.7 Å². The highest BCUT2D eigenvalue weighted by atomic mass is 16.3. The zero-order valence-electron chi connectivity index (χ0n) is 18.3. The quantitative estimate of drug-likeness (QED) is 0.773. The molecule has 0 aromatic carbocycles. The van der Waals surface area contributed by atoms with Crippen molar-refractivity contribution in [3.05, 3.63) is 18.3 Å². The van der Waals surface area contributed by atoms with Crippen molar-refractivity contribution in [1.82, 2.24) is 9.88 Å². The van der Waals surface area contributed by atoms with Gasteiger partial charge in [0.2, 0.25) is 11.8 Å². The lowest BCUT2D eigenvalue weighted by Gasteiger charge is -2.41. The minimum atomic E-state index is -0.299. The standard InChI is InChI=1S/C24H34N4O3/c29-20-8-6-19(7-9-20)28-14-12-24(23(28)31)11-2-13-27(16-24)21-10-5-18(15-25-21)26-22(30)17-3-1-4-17/h5,10,15,17,19-20,29H,1-4,6-9,11-14,16H2,(H,26,30)/t19-,20-,24-/m1/s1. The first kappa shape index (κ1) is 20.7. The molecule has 7 heteroatoms. The largest absolute Gasteiger partial charge is 0.393 e. The number of piperidine rings is 1. The normalized spacial score (nSPS) is 31.7. The van der Waals surface area contributed by atoms with Crippen molar-refractivity contribution in [3.63, 3.8) is 0 Å². The van der Waals surface area contributed by atoms with Gasteiger partial charge in [-0.3, -0.25) is 9.59 Å². The van der Waals surface area contributed by atoms with E-state index in [0.29, 0.717) is 11.9 Å². The topological polar surface area (TPSA) is 85.8 Å². The van der Waals surface area contributed by atoms with E-state index in [0.717, 1.165) is 95.3 Å². The first-order chi connectivity index (χ1) is 15.0. The molecule has 1 spiro atoms. The number of likely N-dealkylation sites (tertiary alicyclic amines) is 1. The molecule has 31 heavy (non-hydrogen) atoms. The van der Waals surface area contributed by atoms with E-state index in [4.69, 9.17) is 0 Å². The number of rotatable bonds is 4. The molecular weight excluding hydrogens is 392 g/mol. The number of carbonyl (C=O) groups is 2. The van der Waals surface area contributed by atoms with Gasteiger partial charge in [0.1, 0.15) is 5.82 Å². The molecule has 2 aliphatic carbocycles. The molecule has 2 saturated carbocycles. The predicted octanol–water partition coefficient (Wildman–Crippen LogP) is 2.94. The van der Waals surface area contributed by atoms with Gasteiger partial charge in [-0.25, -0.2) is 4.98 Å². The van der Waals surface area contributed by atoms with Crippen LogP contribution in [0.25, 0.3) is 0 Å². The Hall–Kier alpha value is -2.15. The van der Waals surface area contributed by atoms with Gasteiger partial charge in [0.05, 0.1) is 23.4 Å². The summed E-state index contributed by atoms with van der Waals surface area (Å²) in [6, 6.07) is 4.19. The van der Waals surface area contributed by atoms with Gasteiger partial charge < -0.3 is 20.2 Å². The van der Waals surface area contributed by atoms with E-state index in [-0.39, 0.29) is 23.3 Å². The van der Waals surface area contributed by atoms with Gasteiger partial charge >= 0.3 is 0 Å². The van der Waals surface area contributed by atoms with E-state index in [1.165, 1.54) is 0 Å². The molecule has 168 valence electrons. The summed E-state index contributed by atoms with van der Waals surface area (Å²) < 4.78 is 0. The maximum absolute atomic E-state index is 13.5. The highest BCUT2D eigenvalue weighted by molar-refractivity contribution is 5.93. The molecule has 0 bridgehead atoms. The lowest BCUT2D eigenvalue weighted by Crippen LogP contribution is -2.50. The Bertz CT molecular complexity index is 817. The summed E-state index contributed by atoms with van der Waals surface area (Å²) in [4.78, 5) is 34.6. The average Bonchev–Trinajstić information content (AvgIpc) is 3.03. The summed E-state index contributed by atoms with van der Waals surface area (Å²) in [7, 11) is 0. The number of nitrogens with one attached hydrogen (secondary N) is 1. The van der Waals surface area contributed by atoms with E-state index < -0.39 is 0 Å². The third-order valence-electron chi connectivity index (χ3n) is 8.05. The van der Waals surface area contributed by atoms with E-state index >= 15 is 0 Å². The van der Waals surface area contributed by atoms with Gasteiger partial charge in [-0.05, 0) is 69.9 Å². The molecule has 3 heterocycles. The number of hydrogen-bond donors (Lipinski definition) is 2. The van der Waals surface area contributed by atoms with Crippen LogP contribution in [0.5, 0.6) is 0 Å². The highest BCUT2D eigenvalue weighted by Crippen LogP contribution is 2.43. The molecule has 1 aromatic rings. The van der Waals surface area contributed by atoms with Gasteiger partial charge in [0.25, 0.3) is 0 Å². The van der Waals surface area contributed by atoms with E-state index in [9.17, 15) is 14.7 Å². The lowest BCUT2D eigenvalue weighted by atomic mass is 9.78. The summed E-state index contributed by atoms with van der Waals surface area (Å²) in [5.41, 5.74) is 0.447. The zero-order valence-corrected chi connectivity index (χ0v) is 18.3. The first-order valence-corrected chi connectivity index (χ1v) is 12.1. The van der Waals surface area contributed by atoms with E-state index in [1.807, 2.05) is 12.1 Å². The summed E-state index contributed by atoms with van der Waals surface area (Å²) in [5, 5.41) is 12.8. The molecule has 4 fully saturated rings. The maximum atomic E-state index is 13.5. The van der Waals surface area contributed by atoms with Crippen LogP contribution >= 0.6 is 0 Å². The van der Waals surface area contributed by atoms with Crippen molar-refractivity contribution in [3.8, 4) is 0 Å². The van der Waals surface area contributed by atoms with Crippen LogP contribution in [0, 0.1) is 11.3 Å². The molecule has 1 aromatic heterocycles. The second kappa shape index (κ2) is 8.41. The fraction of sp³-hybridized carbons (Fsp3) is 0.708. The minimum absolute atomic E-state index is 0.101. The van der Waals surface area contributed by atoms with Crippen molar-refractivity contribution in [2.75, 3.05) is 29.9 Å². The number of carbonyl (C=O) groups excluding carboxylic acids is 2. The van der Waals surface area contributed by atoms with Crippen LogP contribution in [0.2, 0.25) is 0 Å². The Morgan fingerprint density at radius 1 is 1.06 bits per heavy atom. The Balaban J connectivity index is 1.23. The van der Waals surface area contributed by atoms with Crippen molar-refractivity contribution >= 4 is 23.3 Å². The Morgan fingerprint density at radius 3 is 2.55 bits per heavy atom. The van der Waals surface area contributed by atoms with Crippen LogP contribution < -0.4 is 10.2 Å². The zero-order chi connectivity index (χ0) is 21.4. The molecule has 7 nitrogen and oxygen atoms in total. The van der Waals surface area contributed by atoms with E-state index in [1.54, 1.807) is 6.20 Å². The van der Waals surface area contributed by atoms with Crippen LogP contribution in [0.4, 0.5) is 11.5 Å². The van der Waals surface area contributed by atoms with Gasteiger partial charge in [-0.2, -0.15) is 0 Å². The minimum Gasteiger partial charge on any atom is -0.393 e. The van der Waals surface area contributed by atoms with Crippen LogP contribution in [0.1, 0.15) is 64.2 Å². The molecule has 1 atom stereocenters. The first-order valence-electron chi connectivity index (χ1n) is 12.1. The predicted molar refractivity (Wildman–Crippen MR) is 119 cm³/mol. The Kier molecular flexibility index (Phi) is 5.63. The fourth-order valence-electron chi connectivity index (χ4n) is 5.83. The number of nitrogens with zero attached hydrogens (tertiary/aromatic N) is 3. The SMILES string of the molecule is O=C(Nc1ccc(N2CCC[C@@]3(CCN([C@H]4CC[C@H](O)CC4)C3=O)C2)nc1)C1CCC1. The smallest absolute Gasteiger partial charge is 0.230 e. The molecule has 2 aliphatic heterocycles. The molecule has 0 radical (unpaired) electrons. The van der Waals surface area contributed by atoms with Crippen LogP contribution in [-0.2, 0) is 9.59 Å². The van der Waals surface area contributed by atoms with Crippen LogP contribution in [-0.4, -0.2) is 58.6 Å². The highest BCUT2D eigenvalue weighted by Gasteiger charge is 2.50. The molecule has 5 rings (SSSR count). The molecular formula is C24H34N4O3. The molecule has 2 amide bonds.